The standard InChI is InChI=1S/C13H19N3S/c1-3-10(14)13(11-6-5-9-17-11)16-8-7-15-12(16)4-2/h5-10,13H,3-4,14H2,1-2H3. The van der Waals surface area contributed by atoms with Crippen LogP contribution in [0.2, 0.25) is 0 Å². The Kier molecular flexibility index (Phi) is 3.97. The van der Waals surface area contributed by atoms with Crippen molar-refractivity contribution in [3.05, 3.63) is 40.6 Å². The molecule has 2 heterocycles. The first-order chi connectivity index (χ1) is 8.27. The lowest BCUT2D eigenvalue weighted by atomic mass is 10.0. The summed E-state index contributed by atoms with van der Waals surface area (Å²) in [6.07, 6.45) is 5.80. The molecule has 0 saturated heterocycles. The quantitative estimate of drug-likeness (QED) is 0.885. The second kappa shape index (κ2) is 5.47. The van der Waals surface area contributed by atoms with Gasteiger partial charge in [-0.05, 0) is 17.9 Å². The number of hydrogen-bond donors (Lipinski definition) is 1. The third kappa shape index (κ3) is 2.42. The Hall–Kier alpha value is -1.13. The van der Waals surface area contributed by atoms with Crippen LogP contribution in [-0.2, 0) is 6.42 Å². The Bertz CT molecular complexity index is 447. The summed E-state index contributed by atoms with van der Waals surface area (Å²) < 4.78 is 2.22. The predicted octanol–water partition coefficient (Wildman–Crippen LogP) is 2.83. The van der Waals surface area contributed by atoms with Crippen molar-refractivity contribution in [1.82, 2.24) is 9.55 Å². The normalized spacial score (nSPS) is 14.8. The van der Waals surface area contributed by atoms with Gasteiger partial charge in [0.25, 0.3) is 0 Å². The molecule has 2 atom stereocenters. The second-order valence-electron chi connectivity index (χ2n) is 4.14. The maximum Gasteiger partial charge on any atom is 0.108 e. The fraction of sp³-hybridized carbons (Fsp3) is 0.462. The zero-order chi connectivity index (χ0) is 12.3. The van der Waals surface area contributed by atoms with Gasteiger partial charge in [-0.25, -0.2) is 4.98 Å². The third-order valence-corrected chi connectivity index (χ3v) is 4.02. The van der Waals surface area contributed by atoms with Gasteiger partial charge in [-0.2, -0.15) is 0 Å². The van der Waals surface area contributed by atoms with E-state index in [2.05, 4.69) is 40.9 Å². The van der Waals surface area contributed by atoms with E-state index in [1.165, 1.54) is 4.88 Å². The molecule has 2 aromatic rings. The third-order valence-electron chi connectivity index (χ3n) is 3.08. The zero-order valence-electron chi connectivity index (χ0n) is 10.3. The van der Waals surface area contributed by atoms with Crippen LogP contribution in [0.5, 0.6) is 0 Å². The van der Waals surface area contributed by atoms with Crippen molar-refractivity contribution >= 4 is 11.3 Å². The highest BCUT2D eigenvalue weighted by molar-refractivity contribution is 7.10. The molecule has 2 unspecified atom stereocenters. The molecule has 2 N–H and O–H groups in total. The lowest BCUT2D eigenvalue weighted by Crippen LogP contribution is -2.32. The lowest BCUT2D eigenvalue weighted by molar-refractivity contribution is 0.453. The van der Waals surface area contributed by atoms with Crippen LogP contribution in [-0.4, -0.2) is 15.6 Å². The van der Waals surface area contributed by atoms with Gasteiger partial charge >= 0.3 is 0 Å². The van der Waals surface area contributed by atoms with Crippen molar-refractivity contribution in [2.75, 3.05) is 0 Å². The fourth-order valence-corrected chi connectivity index (χ4v) is 3.01. The monoisotopic (exact) mass is 249 g/mol. The molecule has 0 aliphatic carbocycles. The van der Waals surface area contributed by atoms with E-state index in [0.717, 1.165) is 18.7 Å². The van der Waals surface area contributed by atoms with Crippen molar-refractivity contribution in [2.45, 2.75) is 38.8 Å². The summed E-state index contributed by atoms with van der Waals surface area (Å²) in [7, 11) is 0. The van der Waals surface area contributed by atoms with E-state index in [-0.39, 0.29) is 12.1 Å². The minimum absolute atomic E-state index is 0.133. The average molecular weight is 249 g/mol. The van der Waals surface area contributed by atoms with Crippen molar-refractivity contribution in [3.63, 3.8) is 0 Å². The first-order valence-electron chi connectivity index (χ1n) is 6.08. The van der Waals surface area contributed by atoms with Gasteiger partial charge in [0.2, 0.25) is 0 Å². The van der Waals surface area contributed by atoms with Crippen LogP contribution >= 0.6 is 11.3 Å². The summed E-state index contributed by atoms with van der Waals surface area (Å²) in [6, 6.07) is 4.59. The molecule has 0 bridgehead atoms. The molecule has 0 amide bonds. The van der Waals surface area contributed by atoms with Crippen LogP contribution in [0.1, 0.15) is 37.0 Å². The lowest BCUT2D eigenvalue weighted by Gasteiger charge is -2.25. The highest BCUT2D eigenvalue weighted by Gasteiger charge is 2.22. The number of imidazole rings is 1. The first kappa shape index (κ1) is 12.3. The van der Waals surface area contributed by atoms with E-state index in [1.54, 1.807) is 11.3 Å². The first-order valence-corrected chi connectivity index (χ1v) is 6.96. The van der Waals surface area contributed by atoms with Crippen LogP contribution in [0.25, 0.3) is 0 Å². The Morgan fingerprint density at radius 2 is 2.29 bits per heavy atom. The van der Waals surface area contributed by atoms with Crippen LogP contribution < -0.4 is 5.73 Å². The molecule has 17 heavy (non-hydrogen) atoms. The van der Waals surface area contributed by atoms with Gasteiger partial charge in [-0.1, -0.05) is 19.9 Å². The fourth-order valence-electron chi connectivity index (χ4n) is 2.11. The van der Waals surface area contributed by atoms with E-state index < -0.39 is 0 Å². The van der Waals surface area contributed by atoms with E-state index in [0.29, 0.717) is 0 Å². The van der Waals surface area contributed by atoms with E-state index in [9.17, 15) is 0 Å². The van der Waals surface area contributed by atoms with Gasteiger partial charge in [0, 0.05) is 29.7 Å². The molecule has 0 aromatic carbocycles. The maximum atomic E-state index is 6.28. The minimum atomic E-state index is 0.133. The topological polar surface area (TPSA) is 43.8 Å². The Morgan fingerprint density at radius 1 is 1.47 bits per heavy atom. The van der Waals surface area contributed by atoms with Crippen molar-refractivity contribution < 1.29 is 0 Å². The molecule has 0 saturated carbocycles. The summed E-state index contributed by atoms with van der Waals surface area (Å²) >= 11 is 1.76. The summed E-state index contributed by atoms with van der Waals surface area (Å²) in [5.74, 6) is 1.10. The number of nitrogens with two attached hydrogens (primary N) is 1. The molecule has 0 radical (unpaired) electrons. The second-order valence-corrected chi connectivity index (χ2v) is 5.12. The van der Waals surface area contributed by atoms with Gasteiger partial charge in [0.1, 0.15) is 5.82 Å². The molecule has 3 nitrogen and oxygen atoms in total. The number of thiophene rings is 1. The van der Waals surface area contributed by atoms with Crippen molar-refractivity contribution in [3.8, 4) is 0 Å². The van der Waals surface area contributed by atoms with E-state index >= 15 is 0 Å². The number of aryl methyl sites for hydroxylation is 1. The average Bonchev–Trinajstić information content (AvgIpc) is 3.00. The highest BCUT2D eigenvalue weighted by atomic mass is 32.1. The zero-order valence-corrected chi connectivity index (χ0v) is 11.2. The van der Waals surface area contributed by atoms with E-state index in [4.69, 9.17) is 5.73 Å². The van der Waals surface area contributed by atoms with Crippen LogP contribution in [0, 0.1) is 0 Å². The molecular formula is C13H19N3S. The van der Waals surface area contributed by atoms with Gasteiger partial charge in [-0.3, -0.25) is 0 Å². The molecule has 0 spiro atoms. The number of nitrogens with zero attached hydrogens (tertiary/aromatic N) is 2. The summed E-state index contributed by atoms with van der Waals surface area (Å²) in [6.45, 7) is 4.26. The van der Waals surface area contributed by atoms with Gasteiger partial charge in [0.15, 0.2) is 0 Å². The molecule has 92 valence electrons. The van der Waals surface area contributed by atoms with Crippen LogP contribution in [0.15, 0.2) is 29.9 Å². The van der Waals surface area contributed by atoms with Gasteiger partial charge < -0.3 is 10.3 Å². The van der Waals surface area contributed by atoms with Crippen molar-refractivity contribution in [2.24, 2.45) is 5.73 Å². The van der Waals surface area contributed by atoms with Crippen LogP contribution in [0.3, 0.4) is 0 Å². The maximum absolute atomic E-state index is 6.28. The SMILES string of the molecule is CCc1nccn1C(c1cccs1)C(N)CC. The molecule has 0 aliphatic rings. The number of aromatic nitrogens is 2. The van der Waals surface area contributed by atoms with Crippen molar-refractivity contribution in [1.29, 1.82) is 0 Å². The highest BCUT2D eigenvalue weighted by Crippen LogP contribution is 2.28. The Labute approximate surface area is 106 Å². The molecule has 0 fully saturated rings. The number of hydrogen-bond acceptors (Lipinski definition) is 3. The Balaban J connectivity index is 2.40. The Morgan fingerprint density at radius 3 is 2.88 bits per heavy atom. The smallest absolute Gasteiger partial charge is 0.108 e. The van der Waals surface area contributed by atoms with Crippen LogP contribution in [0.4, 0.5) is 0 Å². The summed E-state index contributed by atoms with van der Waals surface area (Å²) in [4.78, 5) is 5.71. The predicted molar refractivity (Wildman–Crippen MR) is 72.3 cm³/mol. The number of rotatable bonds is 5. The minimum Gasteiger partial charge on any atom is -0.326 e. The summed E-state index contributed by atoms with van der Waals surface area (Å²) in [5.41, 5.74) is 6.28. The van der Waals surface area contributed by atoms with E-state index in [1.807, 2.05) is 12.4 Å². The van der Waals surface area contributed by atoms with Gasteiger partial charge in [-0.15, -0.1) is 11.3 Å². The molecule has 2 aromatic heterocycles. The largest absolute Gasteiger partial charge is 0.326 e. The van der Waals surface area contributed by atoms with Gasteiger partial charge in [0.05, 0.1) is 6.04 Å². The molecule has 0 aliphatic heterocycles. The molecular weight excluding hydrogens is 230 g/mol. The molecule has 4 heteroatoms. The molecule has 2 rings (SSSR count). The summed E-state index contributed by atoms with van der Waals surface area (Å²) in [5, 5.41) is 2.10.